The number of halogens is 1. The van der Waals surface area contributed by atoms with Crippen molar-refractivity contribution in [1.82, 2.24) is 10.3 Å². The average Bonchev–Trinajstić information content (AvgIpc) is 2.74. The van der Waals surface area contributed by atoms with Crippen molar-refractivity contribution in [2.45, 2.75) is 39.2 Å². The quantitative estimate of drug-likeness (QED) is 0.805. The van der Waals surface area contributed by atoms with Crippen molar-refractivity contribution in [3.8, 4) is 0 Å². The van der Waals surface area contributed by atoms with Crippen LogP contribution >= 0.6 is 15.9 Å². The van der Waals surface area contributed by atoms with Crippen LogP contribution in [0.25, 0.3) is 10.9 Å². The Morgan fingerprint density at radius 3 is 2.61 bits per heavy atom. The van der Waals surface area contributed by atoms with Gasteiger partial charge in [-0.1, -0.05) is 18.6 Å². The Morgan fingerprint density at radius 1 is 1.17 bits per heavy atom. The molecule has 3 rings (SSSR count). The predicted octanol–water partition coefficient (Wildman–Crippen LogP) is 4.36. The number of aromatic amines is 1. The molecule has 0 radical (unpaired) electrons. The van der Waals surface area contributed by atoms with Crippen LogP contribution < -0.4 is 5.32 Å². The third-order valence-electron chi connectivity index (χ3n) is 4.00. The SMILES string of the molecule is Cc1ccc(C)c2c(Br)c(C3CCCCN3)[nH]c12. The zero-order chi connectivity index (χ0) is 12.7. The molecule has 0 bridgehead atoms. The van der Waals surface area contributed by atoms with E-state index in [1.165, 1.54) is 51.5 Å². The minimum absolute atomic E-state index is 0.472. The summed E-state index contributed by atoms with van der Waals surface area (Å²) >= 11 is 3.80. The van der Waals surface area contributed by atoms with Crippen molar-refractivity contribution in [1.29, 1.82) is 0 Å². The van der Waals surface area contributed by atoms with Gasteiger partial charge in [-0.25, -0.2) is 0 Å². The van der Waals surface area contributed by atoms with Gasteiger partial charge in [0.15, 0.2) is 0 Å². The first-order valence-corrected chi connectivity index (χ1v) is 7.48. The Hall–Kier alpha value is -0.800. The predicted molar refractivity (Wildman–Crippen MR) is 80.1 cm³/mol. The Kier molecular flexibility index (Phi) is 3.20. The molecule has 2 heterocycles. The number of aryl methyl sites for hydroxylation is 2. The van der Waals surface area contributed by atoms with Crippen molar-refractivity contribution in [2.24, 2.45) is 0 Å². The van der Waals surface area contributed by atoms with Gasteiger partial charge in [0.2, 0.25) is 0 Å². The summed E-state index contributed by atoms with van der Waals surface area (Å²) in [7, 11) is 0. The van der Waals surface area contributed by atoms with Crippen molar-refractivity contribution in [3.05, 3.63) is 33.4 Å². The van der Waals surface area contributed by atoms with E-state index in [0.717, 1.165) is 6.54 Å². The molecule has 3 heteroatoms. The molecule has 1 atom stereocenters. The summed E-state index contributed by atoms with van der Waals surface area (Å²) in [6, 6.07) is 4.87. The van der Waals surface area contributed by atoms with Crippen molar-refractivity contribution in [2.75, 3.05) is 6.54 Å². The molecular weight excluding hydrogens is 288 g/mol. The molecule has 1 saturated heterocycles. The fourth-order valence-electron chi connectivity index (χ4n) is 2.92. The van der Waals surface area contributed by atoms with Gasteiger partial charge in [0, 0.05) is 21.6 Å². The van der Waals surface area contributed by atoms with Crippen molar-refractivity contribution < 1.29 is 0 Å². The van der Waals surface area contributed by atoms with Crippen LogP contribution in [-0.4, -0.2) is 11.5 Å². The summed E-state index contributed by atoms with van der Waals surface area (Å²) in [5.41, 5.74) is 5.26. The molecule has 18 heavy (non-hydrogen) atoms. The first kappa shape index (κ1) is 12.2. The Balaban J connectivity index is 2.16. The number of nitrogens with one attached hydrogen (secondary N) is 2. The zero-order valence-corrected chi connectivity index (χ0v) is 12.5. The lowest BCUT2D eigenvalue weighted by Crippen LogP contribution is -2.27. The van der Waals surface area contributed by atoms with E-state index in [0.29, 0.717) is 6.04 Å². The summed E-state index contributed by atoms with van der Waals surface area (Å²) in [6.07, 6.45) is 3.84. The minimum atomic E-state index is 0.472. The van der Waals surface area contributed by atoms with E-state index in [9.17, 15) is 0 Å². The molecule has 1 aromatic heterocycles. The van der Waals surface area contributed by atoms with Gasteiger partial charge in [-0.2, -0.15) is 0 Å². The summed E-state index contributed by atoms with van der Waals surface area (Å²) in [5, 5.41) is 4.96. The number of H-pyrrole nitrogens is 1. The van der Waals surface area contributed by atoms with E-state index in [4.69, 9.17) is 0 Å². The van der Waals surface area contributed by atoms with Gasteiger partial charge < -0.3 is 10.3 Å². The third-order valence-corrected chi connectivity index (χ3v) is 4.82. The van der Waals surface area contributed by atoms with Crippen LogP contribution in [0.15, 0.2) is 16.6 Å². The molecule has 0 amide bonds. The van der Waals surface area contributed by atoms with Gasteiger partial charge in [-0.15, -0.1) is 0 Å². The average molecular weight is 307 g/mol. The fraction of sp³-hybridized carbons (Fsp3) is 0.467. The van der Waals surface area contributed by atoms with Gasteiger partial charge in [0.05, 0.1) is 5.52 Å². The van der Waals surface area contributed by atoms with E-state index < -0.39 is 0 Å². The zero-order valence-electron chi connectivity index (χ0n) is 10.9. The summed E-state index contributed by atoms with van der Waals surface area (Å²) in [6.45, 7) is 5.48. The van der Waals surface area contributed by atoms with E-state index in [1.54, 1.807) is 0 Å². The van der Waals surface area contributed by atoms with Crippen LogP contribution in [0.1, 0.15) is 42.1 Å². The lowest BCUT2D eigenvalue weighted by molar-refractivity contribution is 0.406. The molecule has 1 aromatic carbocycles. The highest BCUT2D eigenvalue weighted by atomic mass is 79.9. The maximum absolute atomic E-state index is 3.80. The number of benzene rings is 1. The lowest BCUT2D eigenvalue weighted by atomic mass is 10.0. The third kappa shape index (κ3) is 1.90. The molecule has 0 aliphatic carbocycles. The smallest absolute Gasteiger partial charge is 0.0500 e. The largest absolute Gasteiger partial charge is 0.356 e. The summed E-state index contributed by atoms with van der Waals surface area (Å²) < 4.78 is 1.25. The maximum atomic E-state index is 3.80. The monoisotopic (exact) mass is 306 g/mol. The highest BCUT2D eigenvalue weighted by Crippen LogP contribution is 2.37. The van der Waals surface area contributed by atoms with Gasteiger partial charge in [-0.3, -0.25) is 0 Å². The van der Waals surface area contributed by atoms with Crippen molar-refractivity contribution in [3.63, 3.8) is 0 Å². The van der Waals surface area contributed by atoms with Gasteiger partial charge >= 0.3 is 0 Å². The number of fused-ring (bicyclic) bond motifs is 1. The maximum Gasteiger partial charge on any atom is 0.0500 e. The molecule has 0 spiro atoms. The van der Waals surface area contributed by atoms with E-state index >= 15 is 0 Å². The highest BCUT2D eigenvalue weighted by molar-refractivity contribution is 9.10. The second-order valence-electron chi connectivity index (χ2n) is 5.30. The summed E-state index contributed by atoms with van der Waals surface area (Å²) in [5.74, 6) is 0. The molecular formula is C15H19BrN2. The van der Waals surface area contributed by atoms with Gasteiger partial charge in [-0.05, 0) is 60.3 Å². The van der Waals surface area contributed by atoms with Crippen LogP contribution in [0.2, 0.25) is 0 Å². The molecule has 0 saturated carbocycles. The molecule has 1 aliphatic heterocycles. The molecule has 2 nitrogen and oxygen atoms in total. The van der Waals surface area contributed by atoms with Gasteiger partial charge in [0.1, 0.15) is 0 Å². The second-order valence-corrected chi connectivity index (χ2v) is 6.10. The topological polar surface area (TPSA) is 27.8 Å². The number of aromatic nitrogens is 1. The molecule has 1 aliphatic rings. The molecule has 96 valence electrons. The van der Waals surface area contributed by atoms with Crippen LogP contribution in [0.5, 0.6) is 0 Å². The Morgan fingerprint density at radius 2 is 1.94 bits per heavy atom. The standard InChI is InChI=1S/C15H19BrN2/c1-9-6-7-10(2)14-12(9)13(16)15(18-14)11-5-3-4-8-17-11/h6-7,11,17-18H,3-5,8H2,1-2H3. The first-order valence-electron chi connectivity index (χ1n) is 6.69. The van der Waals surface area contributed by atoms with Gasteiger partial charge in [0.25, 0.3) is 0 Å². The van der Waals surface area contributed by atoms with Crippen molar-refractivity contribution >= 4 is 26.8 Å². The first-order chi connectivity index (χ1) is 8.68. The number of hydrogen-bond donors (Lipinski definition) is 2. The van der Waals surface area contributed by atoms with Crippen LogP contribution in [0.3, 0.4) is 0 Å². The minimum Gasteiger partial charge on any atom is -0.356 e. The Bertz CT molecular complexity index is 580. The van der Waals surface area contributed by atoms with E-state index in [2.05, 4.69) is 52.2 Å². The van der Waals surface area contributed by atoms with E-state index in [-0.39, 0.29) is 0 Å². The van der Waals surface area contributed by atoms with Crippen LogP contribution in [-0.2, 0) is 0 Å². The molecule has 2 N–H and O–H groups in total. The number of hydrogen-bond acceptors (Lipinski definition) is 1. The second kappa shape index (κ2) is 4.71. The van der Waals surface area contributed by atoms with E-state index in [1.807, 2.05) is 0 Å². The fourth-order valence-corrected chi connectivity index (χ4v) is 3.80. The van der Waals surface area contributed by atoms with Crippen LogP contribution in [0, 0.1) is 13.8 Å². The number of piperidine rings is 1. The normalized spacial score (nSPS) is 20.5. The Labute approximate surface area is 116 Å². The molecule has 1 fully saturated rings. The van der Waals surface area contributed by atoms with Crippen LogP contribution in [0.4, 0.5) is 0 Å². The summed E-state index contributed by atoms with van der Waals surface area (Å²) in [4.78, 5) is 3.63. The highest BCUT2D eigenvalue weighted by Gasteiger charge is 2.21. The number of rotatable bonds is 1. The molecule has 1 unspecified atom stereocenters. The molecule has 2 aromatic rings. The lowest BCUT2D eigenvalue weighted by Gasteiger charge is -2.23.